The van der Waals surface area contributed by atoms with E-state index in [1.54, 1.807) is 29.6 Å². The number of carbonyl (C=O) groups is 3. The van der Waals surface area contributed by atoms with E-state index in [2.05, 4.69) is 40.5 Å². The number of aromatic nitrogens is 2. The van der Waals surface area contributed by atoms with E-state index in [4.69, 9.17) is 4.74 Å². The van der Waals surface area contributed by atoms with Gasteiger partial charge in [0.1, 0.15) is 18.1 Å². The molecule has 2 aromatic rings. The maximum atomic E-state index is 14.0. The van der Waals surface area contributed by atoms with Gasteiger partial charge >= 0.3 is 0 Å². The first-order valence-electron chi connectivity index (χ1n) is 13.0. The number of piperidine rings is 1. The highest BCUT2D eigenvalue weighted by Crippen LogP contribution is 2.65. The molecule has 3 fully saturated rings. The minimum Gasteiger partial charge on any atom is -0.380 e. The van der Waals surface area contributed by atoms with Crippen LogP contribution >= 0.6 is 0 Å². The second-order valence-electron chi connectivity index (χ2n) is 12.3. The molecule has 2 aromatic heterocycles. The van der Waals surface area contributed by atoms with Crippen molar-refractivity contribution < 1.29 is 19.1 Å². The van der Waals surface area contributed by atoms with Crippen LogP contribution in [0.1, 0.15) is 46.2 Å². The van der Waals surface area contributed by atoms with Gasteiger partial charge in [0.2, 0.25) is 17.7 Å². The molecule has 38 heavy (non-hydrogen) atoms. The first-order valence-corrected chi connectivity index (χ1v) is 13.0. The van der Waals surface area contributed by atoms with Crippen LogP contribution in [0.2, 0.25) is 0 Å². The summed E-state index contributed by atoms with van der Waals surface area (Å²) in [7, 11) is 0. The minimum absolute atomic E-state index is 0.0362. The van der Waals surface area contributed by atoms with Crippen LogP contribution in [-0.2, 0) is 19.1 Å². The van der Waals surface area contributed by atoms with Crippen molar-refractivity contribution in [2.24, 2.45) is 28.6 Å². The van der Waals surface area contributed by atoms with E-state index in [9.17, 15) is 19.6 Å². The molecule has 1 aliphatic carbocycles. The van der Waals surface area contributed by atoms with Crippen molar-refractivity contribution >= 4 is 28.6 Å². The van der Waals surface area contributed by atoms with Crippen molar-refractivity contribution in [1.82, 2.24) is 25.5 Å². The third-order valence-corrected chi connectivity index (χ3v) is 8.43. The van der Waals surface area contributed by atoms with Crippen molar-refractivity contribution in [3.05, 3.63) is 36.3 Å². The number of likely N-dealkylation sites (tertiary alicyclic amines) is 1. The summed E-state index contributed by atoms with van der Waals surface area (Å²) in [6.45, 7) is 11.0. The van der Waals surface area contributed by atoms with Gasteiger partial charge in [0.15, 0.2) is 0 Å². The normalized spacial score (nSPS) is 25.5. The third-order valence-electron chi connectivity index (χ3n) is 8.43. The van der Waals surface area contributed by atoms with E-state index in [1.165, 1.54) is 0 Å². The lowest BCUT2D eigenvalue weighted by Crippen LogP contribution is -2.60. The average molecular weight is 519 g/mol. The van der Waals surface area contributed by atoms with E-state index < -0.39 is 23.5 Å². The average Bonchev–Trinajstić information content (AvgIpc) is 3.16. The van der Waals surface area contributed by atoms with Gasteiger partial charge in [-0.3, -0.25) is 24.4 Å². The molecule has 2 unspecified atom stereocenters. The Labute approximate surface area is 222 Å². The summed E-state index contributed by atoms with van der Waals surface area (Å²) in [5.41, 5.74) is 0.418. The molecule has 0 bridgehead atoms. The molecule has 3 amide bonds. The minimum atomic E-state index is -0.983. The van der Waals surface area contributed by atoms with Crippen LogP contribution in [0.25, 0.3) is 10.9 Å². The maximum Gasteiger partial charge on any atom is 0.246 e. The number of ether oxygens (including phenoxy) is 1. The molecule has 1 saturated carbocycles. The SMILES string of the molecule is CC(C)(C)C(NC(=O)C1COC1)C(=O)N1C[C@H]2[C@@H]([C@H]1C(=O)NC(C#N)c1cncc3cccnc13)C2(C)C. The molecule has 5 atom stereocenters. The Morgan fingerprint density at radius 3 is 2.55 bits per heavy atom. The zero-order valence-electron chi connectivity index (χ0n) is 22.4. The molecule has 200 valence electrons. The summed E-state index contributed by atoms with van der Waals surface area (Å²) in [4.78, 5) is 50.8. The third kappa shape index (κ3) is 4.39. The lowest BCUT2D eigenvalue weighted by molar-refractivity contribution is -0.149. The molecule has 10 heteroatoms. The van der Waals surface area contributed by atoms with Gasteiger partial charge in [0.05, 0.1) is 30.7 Å². The molecule has 10 nitrogen and oxygen atoms in total. The Morgan fingerprint density at radius 2 is 1.92 bits per heavy atom. The summed E-state index contributed by atoms with van der Waals surface area (Å²) in [5, 5.41) is 16.6. The number of fused-ring (bicyclic) bond motifs is 2. The van der Waals surface area contributed by atoms with Crippen LogP contribution in [0.4, 0.5) is 0 Å². The van der Waals surface area contributed by atoms with E-state index in [1.807, 2.05) is 26.8 Å². The summed E-state index contributed by atoms with van der Waals surface area (Å²) >= 11 is 0. The summed E-state index contributed by atoms with van der Waals surface area (Å²) in [5.74, 6) is -1.02. The number of nitrogens with zero attached hydrogens (tertiary/aromatic N) is 4. The number of nitrogens with one attached hydrogen (secondary N) is 2. The Hall–Kier alpha value is -3.58. The highest BCUT2D eigenvalue weighted by atomic mass is 16.5. The van der Waals surface area contributed by atoms with E-state index in [-0.39, 0.29) is 40.9 Å². The Bertz CT molecular complexity index is 1320. The summed E-state index contributed by atoms with van der Waals surface area (Å²) in [6, 6.07) is 3.27. The highest BCUT2D eigenvalue weighted by molar-refractivity contribution is 5.95. The zero-order chi connectivity index (χ0) is 27.4. The van der Waals surface area contributed by atoms with Crippen LogP contribution in [0.5, 0.6) is 0 Å². The molecule has 2 saturated heterocycles. The van der Waals surface area contributed by atoms with Crippen LogP contribution in [0, 0.1) is 39.9 Å². The van der Waals surface area contributed by atoms with Crippen molar-refractivity contribution in [2.75, 3.05) is 19.8 Å². The lowest BCUT2D eigenvalue weighted by atomic mass is 9.84. The van der Waals surface area contributed by atoms with Crippen LogP contribution in [0.15, 0.2) is 30.7 Å². The predicted octanol–water partition coefficient (Wildman–Crippen LogP) is 1.97. The number of carbonyl (C=O) groups excluding carboxylic acids is 3. The predicted molar refractivity (Wildman–Crippen MR) is 138 cm³/mol. The molecule has 0 spiro atoms. The maximum absolute atomic E-state index is 14.0. The standard InChI is InChI=1S/C28H34N6O4/c1-27(2,3)23(33-24(35)16-13-38-14-16)26(37)34-12-18-20(28(18,4)5)22(34)25(36)32-19(9-29)17-11-30-10-15-7-6-8-31-21(15)17/h6-8,10-11,16,18-20,22-23H,12-14H2,1-5H3,(H,32,36)(H,33,35)/t18-,19?,20-,22-,23?/m0/s1. The number of pyridine rings is 2. The molecule has 0 radical (unpaired) electrons. The van der Waals surface area contributed by atoms with Crippen molar-refractivity contribution in [3.63, 3.8) is 0 Å². The molecule has 4 heterocycles. The smallest absolute Gasteiger partial charge is 0.246 e. The van der Waals surface area contributed by atoms with Crippen LogP contribution in [-0.4, -0.2) is 64.4 Å². The Kier molecular flexibility index (Phi) is 6.38. The van der Waals surface area contributed by atoms with E-state index in [0.29, 0.717) is 30.8 Å². The largest absolute Gasteiger partial charge is 0.380 e. The van der Waals surface area contributed by atoms with Gasteiger partial charge in [-0.1, -0.05) is 34.6 Å². The molecular weight excluding hydrogens is 484 g/mol. The van der Waals surface area contributed by atoms with Crippen molar-refractivity contribution in [3.8, 4) is 6.07 Å². The fraction of sp³-hybridized carbons (Fsp3) is 0.571. The van der Waals surface area contributed by atoms with Crippen LogP contribution in [0.3, 0.4) is 0 Å². The monoisotopic (exact) mass is 518 g/mol. The fourth-order valence-corrected chi connectivity index (χ4v) is 5.92. The Morgan fingerprint density at radius 1 is 1.18 bits per heavy atom. The van der Waals surface area contributed by atoms with Gasteiger partial charge in [0.25, 0.3) is 0 Å². The second kappa shape index (κ2) is 9.31. The van der Waals surface area contributed by atoms with Gasteiger partial charge in [0, 0.05) is 36.1 Å². The van der Waals surface area contributed by atoms with Gasteiger partial charge in [-0.05, 0) is 34.8 Å². The molecule has 5 rings (SSSR count). The molecule has 0 aromatic carbocycles. The molecule has 2 N–H and O–H groups in total. The molecular formula is C28H34N6O4. The second-order valence-corrected chi connectivity index (χ2v) is 12.3. The van der Waals surface area contributed by atoms with E-state index in [0.717, 1.165) is 5.39 Å². The number of hydrogen-bond acceptors (Lipinski definition) is 7. The number of hydrogen-bond donors (Lipinski definition) is 2. The fourth-order valence-electron chi connectivity index (χ4n) is 5.92. The number of nitriles is 1. The quantitative estimate of drug-likeness (QED) is 0.596. The van der Waals surface area contributed by atoms with Gasteiger partial charge < -0.3 is 20.3 Å². The topological polar surface area (TPSA) is 137 Å². The lowest BCUT2D eigenvalue weighted by Gasteiger charge is -2.38. The van der Waals surface area contributed by atoms with Gasteiger partial charge in [-0.25, -0.2) is 0 Å². The van der Waals surface area contributed by atoms with Crippen LogP contribution < -0.4 is 10.6 Å². The summed E-state index contributed by atoms with van der Waals surface area (Å²) in [6.07, 6.45) is 4.83. The number of amides is 3. The molecule has 3 aliphatic rings. The van der Waals surface area contributed by atoms with Crippen molar-refractivity contribution in [1.29, 1.82) is 5.26 Å². The van der Waals surface area contributed by atoms with Gasteiger partial charge in [-0.15, -0.1) is 0 Å². The number of rotatable bonds is 6. The molecule has 2 aliphatic heterocycles. The van der Waals surface area contributed by atoms with Gasteiger partial charge in [-0.2, -0.15) is 5.26 Å². The Balaban J connectivity index is 1.41. The van der Waals surface area contributed by atoms with Crippen molar-refractivity contribution in [2.45, 2.75) is 52.7 Å². The summed E-state index contributed by atoms with van der Waals surface area (Å²) < 4.78 is 5.14. The zero-order valence-corrected chi connectivity index (χ0v) is 22.4. The first kappa shape index (κ1) is 26.0. The van der Waals surface area contributed by atoms with E-state index >= 15 is 0 Å². The highest BCUT2D eigenvalue weighted by Gasteiger charge is 2.69. The first-order chi connectivity index (χ1) is 17.9.